The van der Waals surface area contributed by atoms with E-state index in [0.29, 0.717) is 18.5 Å². The Bertz CT molecular complexity index is 327. The molecular weight excluding hydrogens is 216 g/mol. The Kier molecular flexibility index (Phi) is 5.77. The van der Waals surface area contributed by atoms with Gasteiger partial charge in [-0.15, -0.1) is 0 Å². The van der Waals surface area contributed by atoms with Gasteiger partial charge >= 0.3 is 0 Å². The Morgan fingerprint density at radius 2 is 2.06 bits per heavy atom. The van der Waals surface area contributed by atoms with Crippen LogP contribution in [0, 0.1) is 0 Å². The molecule has 17 heavy (non-hydrogen) atoms. The molecule has 1 N–H and O–H groups in total. The van der Waals surface area contributed by atoms with Crippen molar-refractivity contribution in [1.82, 2.24) is 4.98 Å². The lowest BCUT2D eigenvalue weighted by atomic mass is 10.1. The molecule has 96 valence electrons. The Labute approximate surface area is 103 Å². The van der Waals surface area contributed by atoms with Crippen molar-refractivity contribution in [2.45, 2.75) is 32.7 Å². The van der Waals surface area contributed by atoms with Crippen LogP contribution in [0.4, 0.5) is 5.82 Å². The van der Waals surface area contributed by atoms with Crippen LogP contribution in [0.3, 0.4) is 0 Å². The van der Waals surface area contributed by atoms with Gasteiger partial charge in [-0.1, -0.05) is 19.9 Å². The third kappa shape index (κ3) is 3.60. The zero-order valence-electron chi connectivity index (χ0n) is 10.9. The molecule has 0 atom stereocenters. The van der Waals surface area contributed by atoms with Crippen molar-refractivity contribution in [1.29, 1.82) is 0 Å². The third-order valence-electron chi connectivity index (χ3n) is 2.94. The van der Waals surface area contributed by atoms with Crippen LogP contribution in [0.15, 0.2) is 18.2 Å². The van der Waals surface area contributed by atoms with Gasteiger partial charge in [0.1, 0.15) is 5.82 Å². The van der Waals surface area contributed by atoms with Gasteiger partial charge in [0, 0.05) is 18.7 Å². The summed E-state index contributed by atoms with van der Waals surface area (Å²) in [6.45, 7) is 5.04. The van der Waals surface area contributed by atoms with Crippen molar-refractivity contribution in [3.8, 4) is 5.88 Å². The molecule has 1 aromatic rings. The van der Waals surface area contributed by atoms with Gasteiger partial charge < -0.3 is 14.7 Å². The number of nitrogens with zero attached hydrogens (tertiary/aromatic N) is 2. The highest BCUT2D eigenvalue weighted by molar-refractivity contribution is 5.41. The quantitative estimate of drug-likeness (QED) is 0.790. The van der Waals surface area contributed by atoms with Gasteiger partial charge in [-0.2, -0.15) is 4.98 Å². The second-order valence-corrected chi connectivity index (χ2v) is 3.93. The van der Waals surface area contributed by atoms with Gasteiger partial charge in [0.05, 0.1) is 13.7 Å². The summed E-state index contributed by atoms with van der Waals surface area (Å²) in [5, 5.41) is 9.16. The summed E-state index contributed by atoms with van der Waals surface area (Å²) in [5.74, 6) is 1.48. The van der Waals surface area contributed by atoms with Crippen molar-refractivity contribution in [3.63, 3.8) is 0 Å². The van der Waals surface area contributed by atoms with E-state index in [-0.39, 0.29) is 6.61 Å². The molecule has 0 saturated heterocycles. The van der Waals surface area contributed by atoms with Crippen molar-refractivity contribution >= 4 is 5.82 Å². The minimum Gasteiger partial charge on any atom is -0.481 e. The number of anilines is 1. The van der Waals surface area contributed by atoms with Crippen LogP contribution in [0.2, 0.25) is 0 Å². The van der Waals surface area contributed by atoms with Crippen LogP contribution < -0.4 is 9.64 Å². The number of pyridine rings is 1. The first kappa shape index (κ1) is 13.8. The normalized spacial score (nSPS) is 10.6. The summed E-state index contributed by atoms with van der Waals surface area (Å²) >= 11 is 0. The molecule has 0 bridgehead atoms. The second kappa shape index (κ2) is 7.12. The van der Waals surface area contributed by atoms with E-state index >= 15 is 0 Å². The number of aliphatic hydroxyl groups excluding tert-OH is 1. The summed E-state index contributed by atoms with van der Waals surface area (Å²) in [6.07, 6.45) is 2.07. The largest absolute Gasteiger partial charge is 0.481 e. The number of methoxy groups -OCH3 is 1. The first-order valence-corrected chi connectivity index (χ1v) is 6.15. The van der Waals surface area contributed by atoms with E-state index in [9.17, 15) is 0 Å². The first-order chi connectivity index (χ1) is 8.26. The molecule has 1 aromatic heterocycles. The number of hydrogen-bond acceptors (Lipinski definition) is 4. The standard InChI is InChI=1S/C13H22N2O2/c1-4-11(5-2)15(9-10-16)12-7-6-8-13(14-12)17-3/h6-8,11,16H,4-5,9-10H2,1-3H3. The number of aromatic nitrogens is 1. The van der Waals surface area contributed by atoms with Crippen LogP contribution in [-0.4, -0.2) is 36.4 Å². The van der Waals surface area contributed by atoms with E-state index in [1.54, 1.807) is 7.11 Å². The molecule has 0 amide bonds. The van der Waals surface area contributed by atoms with Gasteiger partial charge in [-0.3, -0.25) is 0 Å². The van der Waals surface area contributed by atoms with Crippen LogP contribution in [-0.2, 0) is 0 Å². The molecule has 0 radical (unpaired) electrons. The van der Waals surface area contributed by atoms with Gasteiger partial charge in [-0.25, -0.2) is 0 Å². The summed E-state index contributed by atoms with van der Waals surface area (Å²) in [4.78, 5) is 6.56. The van der Waals surface area contributed by atoms with E-state index in [1.807, 2.05) is 18.2 Å². The number of rotatable bonds is 7. The molecule has 0 aromatic carbocycles. The zero-order valence-corrected chi connectivity index (χ0v) is 10.9. The first-order valence-electron chi connectivity index (χ1n) is 6.15. The fourth-order valence-electron chi connectivity index (χ4n) is 2.00. The lowest BCUT2D eigenvalue weighted by Crippen LogP contribution is -2.37. The van der Waals surface area contributed by atoms with E-state index in [0.717, 1.165) is 18.7 Å². The molecule has 0 aliphatic carbocycles. The predicted molar refractivity (Wildman–Crippen MR) is 69.6 cm³/mol. The monoisotopic (exact) mass is 238 g/mol. The minimum atomic E-state index is 0.134. The molecule has 0 aliphatic rings. The maximum absolute atomic E-state index is 9.16. The average molecular weight is 238 g/mol. The molecule has 1 heterocycles. The highest BCUT2D eigenvalue weighted by Gasteiger charge is 2.16. The molecule has 0 spiro atoms. The van der Waals surface area contributed by atoms with Crippen molar-refractivity contribution < 1.29 is 9.84 Å². The molecular formula is C13H22N2O2. The molecule has 0 fully saturated rings. The third-order valence-corrected chi connectivity index (χ3v) is 2.94. The average Bonchev–Trinajstić information content (AvgIpc) is 2.39. The van der Waals surface area contributed by atoms with Crippen molar-refractivity contribution in [2.24, 2.45) is 0 Å². The Balaban J connectivity index is 2.94. The maximum atomic E-state index is 9.16. The molecule has 0 unspecified atom stereocenters. The smallest absolute Gasteiger partial charge is 0.214 e. The van der Waals surface area contributed by atoms with Gasteiger partial charge in [0.2, 0.25) is 5.88 Å². The lowest BCUT2D eigenvalue weighted by molar-refractivity contribution is 0.295. The highest BCUT2D eigenvalue weighted by atomic mass is 16.5. The fraction of sp³-hybridized carbons (Fsp3) is 0.615. The Hall–Kier alpha value is -1.29. The summed E-state index contributed by atoms with van der Waals surface area (Å²) in [6, 6.07) is 6.11. The molecule has 0 aliphatic heterocycles. The minimum absolute atomic E-state index is 0.134. The van der Waals surface area contributed by atoms with Gasteiger partial charge in [0.25, 0.3) is 0 Å². The fourth-order valence-corrected chi connectivity index (χ4v) is 2.00. The lowest BCUT2D eigenvalue weighted by Gasteiger charge is -2.31. The SMILES string of the molecule is CCC(CC)N(CCO)c1cccc(OC)n1. The summed E-state index contributed by atoms with van der Waals surface area (Å²) in [7, 11) is 1.61. The maximum Gasteiger partial charge on any atom is 0.214 e. The van der Waals surface area contributed by atoms with Crippen LogP contribution in [0.5, 0.6) is 5.88 Å². The Morgan fingerprint density at radius 1 is 1.35 bits per heavy atom. The van der Waals surface area contributed by atoms with Crippen LogP contribution in [0.1, 0.15) is 26.7 Å². The molecule has 0 saturated carbocycles. The van der Waals surface area contributed by atoms with E-state index in [4.69, 9.17) is 9.84 Å². The number of ether oxygens (including phenoxy) is 1. The number of aliphatic hydroxyl groups is 1. The van der Waals surface area contributed by atoms with E-state index in [1.165, 1.54) is 0 Å². The van der Waals surface area contributed by atoms with Gasteiger partial charge in [-0.05, 0) is 18.9 Å². The van der Waals surface area contributed by atoms with Crippen molar-refractivity contribution in [3.05, 3.63) is 18.2 Å². The Morgan fingerprint density at radius 3 is 2.59 bits per heavy atom. The number of hydrogen-bond donors (Lipinski definition) is 1. The zero-order chi connectivity index (χ0) is 12.7. The predicted octanol–water partition coefficient (Wildman–Crippen LogP) is 2.08. The summed E-state index contributed by atoms with van der Waals surface area (Å²) < 4.78 is 5.13. The molecule has 1 rings (SSSR count). The van der Waals surface area contributed by atoms with Crippen LogP contribution >= 0.6 is 0 Å². The van der Waals surface area contributed by atoms with Crippen LogP contribution in [0.25, 0.3) is 0 Å². The highest BCUT2D eigenvalue weighted by Crippen LogP contribution is 2.20. The topological polar surface area (TPSA) is 45.6 Å². The second-order valence-electron chi connectivity index (χ2n) is 3.93. The molecule has 4 nitrogen and oxygen atoms in total. The summed E-state index contributed by atoms with van der Waals surface area (Å²) in [5.41, 5.74) is 0. The van der Waals surface area contributed by atoms with E-state index < -0.39 is 0 Å². The van der Waals surface area contributed by atoms with Crippen molar-refractivity contribution in [2.75, 3.05) is 25.2 Å². The van der Waals surface area contributed by atoms with E-state index in [2.05, 4.69) is 23.7 Å². The molecule has 4 heteroatoms. The van der Waals surface area contributed by atoms with Gasteiger partial charge in [0.15, 0.2) is 0 Å².